The van der Waals surface area contributed by atoms with E-state index >= 15 is 0 Å². The number of nitrogens with one attached hydrogen (secondary N) is 2. The third kappa shape index (κ3) is 4.01. The molecule has 1 aliphatic rings. The van der Waals surface area contributed by atoms with Crippen molar-refractivity contribution in [2.75, 3.05) is 30.9 Å². The number of halogens is 1. The number of methoxy groups -OCH3 is 1. The van der Waals surface area contributed by atoms with Gasteiger partial charge in [0.1, 0.15) is 23.2 Å². The Balaban J connectivity index is 1.70. The lowest BCUT2D eigenvalue weighted by atomic mass is 10.0. The normalized spacial score (nSPS) is 13.3. The second-order valence-corrected chi connectivity index (χ2v) is 8.31. The van der Waals surface area contributed by atoms with E-state index in [9.17, 15) is 9.18 Å². The maximum absolute atomic E-state index is 14.7. The Morgan fingerprint density at radius 3 is 2.72 bits per heavy atom. The molecule has 1 amide bonds. The number of carbonyl (C=O) groups is 1. The summed E-state index contributed by atoms with van der Waals surface area (Å²) in [6, 6.07) is 11.8. The number of nitrogens with zero attached hydrogens (tertiary/aromatic N) is 3. The predicted molar refractivity (Wildman–Crippen MR) is 123 cm³/mol. The lowest BCUT2D eigenvalue weighted by Crippen LogP contribution is -2.41. The van der Waals surface area contributed by atoms with Gasteiger partial charge in [0.25, 0.3) is 5.91 Å². The molecular formula is C24H26FN5O2. The lowest BCUT2D eigenvalue weighted by molar-refractivity contribution is 0.0996. The molecule has 0 saturated carbocycles. The van der Waals surface area contributed by atoms with Gasteiger partial charge in [-0.05, 0) is 51.2 Å². The largest absolute Gasteiger partial charge is 0.496 e. The summed E-state index contributed by atoms with van der Waals surface area (Å²) in [4.78, 5) is 23.9. The van der Waals surface area contributed by atoms with Gasteiger partial charge in [-0.25, -0.2) is 9.37 Å². The number of aromatic nitrogens is 2. The third-order valence-electron chi connectivity index (χ3n) is 5.38. The van der Waals surface area contributed by atoms with Gasteiger partial charge in [-0.15, -0.1) is 0 Å². The molecule has 2 N–H and O–H groups in total. The van der Waals surface area contributed by atoms with E-state index in [1.165, 1.54) is 19.4 Å². The average Bonchev–Trinajstić information content (AvgIpc) is 3.10. The Labute approximate surface area is 186 Å². The smallest absolute Gasteiger partial charge is 0.260 e. The first-order valence-electron chi connectivity index (χ1n) is 10.4. The number of anilines is 2. The molecule has 3 heterocycles. The molecule has 7 nitrogen and oxygen atoms in total. The number of pyridine rings is 2. The zero-order chi connectivity index (χ0) is 22.9. The molecule has 0 bridgehead atoms. The van der Waals surface area contributed by atoms with Crippen LogP contribution in [0.1, 0.15) is 29.8 Å². The SMILES string of the molecule is CNCC(C)(C)Nc1cccc(N2Cc3c(ccnc3-c3c(F)cccc3OC)C2=O)n1. The fraction of sp³-hybridized carbons (Fsp3) is 0.292. The Morgan fingerprint density at radius 2 is 1.97 bits per heavy atom. The minimum Gasteiger partial charge on any atom is -0.496 e. The molecule has 4 rings (SSSR count). The summed E-state index contributed by atoms with van der Waals surface area (Å²) >= 11 is 0. The Hall–Kier alpha value is -3.52. The second-order valence-electron chi connectivity index (χ2n) is 8.31. The highest BCUT2D eigenvalue weighted by atomic mass is 19.1. The van der Waals surface area contributed by atoms with Gasteiger partial charge < -0.3 is 15.4 Å². The number of benzene rings is 1. The third-order valence-corrected chi connectivity index (χ3v) is 5.38. The van der Waals surface area contributed by atoms with Crippen LogP contribution in [0, 0.1) is 5.82 Å². The van der Waals surface area contributed by atoms with E-state index in [1.54, 1.807) is 29.2 Å². The summed E-state index contributed by atoms with van der Waals surface area (Å²) in [5, 5.41) is 6.54. The van der Waals surface area contributed by atoms with Crippen LogP contribution >= 0.6 is 0 Å². The van der Waals surface area contributed by atoms with Crippen molar-refractivity contribution in [2.45, 2.75) is 25.9 Å². The molecule has 3 aromatic rings. The van der Waals surface area contributed by atoms with Crippen molar-refractivity contribution in [1.82, 2.24) is 15.3 Å². The van der Waals surface area contributed by atoms with Gasteiger partial charge in [-0.1, -0.05) is 12.1 Å². The second kappa shape index (κ2) is 8.55. The number of hydrogen-bond donors (Lipinski definition) is 2. The molecule has 1 aromatic carbocycles. The maximum Gasteiger partial charge on any atom is 0.260 e. The summed E-state index contributed by atoms with van der Waals surface area (Å²) in [5.41, 5.74) is 1.56. The molecular weight excluding hydrogens is 409 g/mol. The number of hydrogen-bond acceptors (Lipinski definition) is 6. The minimum absolute atomic E-state index is 0.196. The molecule has 0 aliphatic carbocycles. The lowest BCUT2D eigenvalue weighted by Gasteiger charge is -2.27. The molecule has 8 heteroatoms. The standard InChI is InChI=1S/C24H26FN5O2/c1-24(2,14-26-3)29-19-9-6-10-20(28-19)30-13-16-15(23(30)31)11-12-27-22(16)21-17(25)7-5-8-18(21)32-4/h5-12,26H,13-14H2,1-4H3,(H,28,29). The van der Waals surface area contributed by atoms with Crippen LogP contribution in [0.15, 0.2) is 48.7 Å². The van der Waals surface area contributed by atoms with E-state index < -0.39 is 5.82 Å². The molecule has 0 unspecified atom stereocenters. The minimum atomic E-state index is -0.452. The number of fused-ring (bicyclic) bond motifs is 1. The topological polar surface area (TPSA) is 79.4 Å². The van der Waals surface area contributed by atoms with Gasteiger partial charge in [0.15, 0.2) is 0 Å². The van der Waals surface area contributed by atoms with E-state index in [2.05, 4.69) is 34.4 Å². The molecule has 0 saturated heterocycles. The van der Waals surface area contributed by atoms with Gasteiger partial charge in [-0.2, -0.15) is 0 Å². The van der Waals surface area contributed by atoms with Crippen molar-refractivity contribution in [3.05, 3.63) is 65.6 Å². The van der Waals surface area contributed by atoms with Gasteiger partial charge in [0, 0.05) is 29.4 Å². The fourth-order valence-electron chi connectivity index (χ4n) is 4.01. The first-order chi connectivity index (χ1) is 15.3. The number of carbonyl (C=O) groups excluding carboxylic acids is 1. The number of rotatable bonds is 7. The highest BCUT2D eigenvalue weighted by molar-refractivity contribution is 6.10. The van der Waals surface area contributed by atoms with Crippen LogP contribution in [0.3, 0.4) is 0 Å². The predicted octanol–water partition coefficient (Wildman–Crippen LogP) is 3.86. The summed E-state index contributed by atoms with van der Waals surface area (Å²) in [7, 11) is 3.38. The summed E-state index contributed by atoms with van der Waals surface area (Å²) < 4.78 is 20.1. The zero-order valence-electron chi connectivity index (χ0n) is 18.6. The van der Waals surface area contributed by atoms with Crippen LogP contribution in [0.25, 0.3) is 11.3 Å². The molecule has 1 aliphatic heterocycles. The Morgan fingerprint density at radius 1 is 1.19 bits per heavy atom. The highest BCUT2D eigenvalue weighted by Gasteiger charge is 2.33. The van der Waals surface area contributed by atoms with Crippen molar-refractivity contribution >= 4 is 17.5 Å². The van der Waals surface area contributed by atoms with Crippen molar-refractivity contribution in [3.63, 3.8) is 0 Å². The molecule has 0 radical (unpaired) electrons. The zero-order valence-corrected chi connectivity index (χ0v) is 18.6. The highest BCUT2D eigenvalue weighted by Crippen LogP contribution is 2.38. The van der Waals surface area contributed by atoms with Crippen LogP contribution < -0.4 is 20.3 Å². The molecule has 0 fully saturated rings. The molecule has 0 spiro atoms. The fourth-order valence-corrected chi connectivity index (χ4v) is 4.01. The van der Waals surface area contributed by atoms with Crippen molar-refractivity contribution < 1.29 is 13.9 Å². The molecule has 2 aromatic heterocycles. The van der Waals surface area contributed by atoms with E-state index in [1.807, 2.05) is 19.2 Å². The van der Waals surface area contributed by atoms with E-state index in [4.69, 9.17) is 4.74 Å². The monoisotopic (exact) mass is 435 g/mol. The number of amides is 1. The maximum atomic E-state index is 14.7. The first-order valence-corrected chi connectivity index (χ1v) is 10.4. The summed E-state index contributed by atoms with van der Waals surface area (Å²) in [6.45, 7) is 5.11. The van der Waals surface area contributed by atoms with Crippen LogP contribution in [0.5, 0.6) is 5.75 Å². The quantitative estimate of drug-likeness (QED) is 0.587. The molecule has 32 heavy (non-hydrogen) atoms. The van der Waals surface area contributed by atoms with Gasteiger partial charge >= 0.3 is 0 Å². The van der Waals surface area contributed by atoms with E-state index in [0.29, 0.717) is 34.2 Å². The number of likely N-dealkylation sites (N-methyl/N-ethyl adjacent to an activating group) is 1. The van der Waals surface area contributed by atoms with Crippen LogP contribution in [-0.2, 0) is 6.54 Å². The van der Waals surface area contributed by atoms with Gasteiger partial charge in [0.05, 0.1) is 24.9 Å². The van der Waals surface area contributed by atoms with Crippen LogP contribution in [0.2, 0.25) is 0 Å². The molecule has 0 atom stereocenters. The Kier molecular flexibility index (Phi) is 5.80. The van der Waals surface area contributed by atoms with Crippen molar-refractivity contribution in [2.24, 2.45) is 0 Å². The molecule has 166 valence electrons. The van der Waals surface area contributed by atoms with Crippen LogP contribution in [-0.4, -0.2) is 42.1 Å². The van der Waals surface area contributed by atoms with Crippen LogP contribution in [0.4, 0.5) is 16.0 Å². The van der Waals surface area contributed by atoms with E-state index in [-0.39, 0.29) is 23.6 Å². The summed E-state index contributed by atoms with van der Waals surface area (Å²) in [6.07, 6.45) is 1.52. The van der Waals surface area contributed by atoms with Gasteiger partial charge in [-0.3, -0.25) is 14.7 Å². The summed E-state index contributed by atoms with van der Waals surface area (Å²) in [5.74, 6) is 0.904. The van der Waals surface area contributed by atoms with E-state index in [0.717, 1.165) is 6.54 Å². The van der Waals surface area contributed by atoms with Crippen molar-refractivity contribution in [1.29, 1.82) is 0 Å². The average molecular weight is 436 g/mol. The van der Waals surface area contributed by atoms with Gasteiger partial charge in [0.2, 0.25) is 0 Å². The first kappa shape index (κ1) is 21.7. The number of ether oxygens (including phenoxy) is 1. The Bertz CT molecular complexity index is 1160. The van der Waals surface area contributed by atoms with Crippen molar-refractivity contribution in [3.8, 4) is 17.0 Å².